The van der Waals surface area contributed by atoms with Crippen molar-refractivity contribution in [2.45, 2.75) is 0 Å². The van der Waals surface area contributed by atoms with Crippen LogP contribution in [0.3, 0.4) is 0 Å². The summed E-state index contributed by atoms with van der Waals surface area (Å²) < 4.78 is 22.1. The topological polar surface area (TPSA) is 86.3 Å². The smallest absolute Gasteiger partial charge is 0.259 e. The molecule has 0 aromatic heterocycles. The molecule has 0 aliphatic rings. The number of hydrogen-bond acceptors (Lipinski definition) is 6. The predicted octanol–water partition coefficient (Wildman–Crippen LogP) is 4.22. The highest BCUT2D eigenvalue weighted by molar-refractivity contribution is 6.06. The number of rotatable bonds is 9. The molecule has 3 aromatic rings. The molecule has 0 saturated carbocycles. The van der Waals surface area contributed by atoms with Crippen LogP contribution in [0.1, 0.15) is 10.4 Å². The minimum atomic E-state index is -0.386. The Morgan fingerprint density at radius 2 is 1.52 bits per heavy atom. The summed E-state index contributed by atoms with van der Waals surface area (Å²) in [6.45, 7) is -0.167. The highest BCUT2D eigenvalue weighted by Crippen LogP contribution is 2.35. The molecule has 33 heavy (non-hydrogen) atoms. The van der Waals surface area contributed by atoms with Crippen molar-refractivity contribution in [1.29, 1.82) is 0 Å². The van der Waals surface area contributed by atoms with E-state index in [1.807, 2.05) is 0 Å². The monoisotopic (exact) mass is 450 g/mol. The zero-order valence-corrected chi connectivity index (χ0v) is 19.0. The number of hydrogen-bond donors (Lipinski definition) is 1. The fourth-order valence-electron chi connectivity index (χ4n) is 2.85. The van der Waals surface area contributed by atoms with Crippen LogP contribution in [0.15, 0.2) is 66.7 Å². The minimum absolute atomic E-state index is 0.167. The summed E-state index contributed by atoms with van der Waals surface area (Å²) in [6.07, 6.45) is 0. The van der Waals surface area contributed by atoms with Gasteiger partial charge in [0.1, 0.15) is 17.2 Å². The van der Waals surface area contributed by atoms with Crippen LogP contribution in [0.5, 0.6) is 28.7 Å². The molecule has 8 nitrogen and oxygen atoms in total. The van der Waals surface area contributed by atoms with Gasteiger partial charge in [0.25, 0.3) is 11.8 Å². The maximum Gasteiger partial charge on any atom is 0.259 e. The van der Waals surface area contributed by atoms with E-state index in [1.54, 1.807) is 87.9 Å². The molecule has 0 atom stereocenters. The molecular weight excluding hydrogens is 424 g/mol. The summed E-state index contributed by atoms with van der Waals surface area (Å²) >= 11 is 0. The molecule has 0 unspecified atom stereocenters. The number of amides is 2. The second-order valence-corrected chi connectivity index (χ2v) is 7.17. The van der Waals surface area contributed by atoms with Crippen molar-refractivity contribution in [1.82, 2.24) is 4.90 Å². The van der Waals surface area contributed by atoms with Crippen LogP contribution in [0, 0.1) is 0 Å². The van der Waals surface area contributed by atoms with E-state index in [4.69, 9.17) is 18.9 Å². The fraction of sp³-hybridized carbons (Fsp3) is 0.200. The Morgan fingerprint density at radius 3 is 2.18 bits per heavy atom. The largest absolute Gasteiger partial charge is 0.497 e. The standard InChI is InChI=1S/C25H26N2O6/c1-27(2)24(28)16-32-21-8-6-5-7-20(21)25(29)26-17-9-14-22(31-4)23(15-17)33-19-12-10-18(30-3)11-13-19/h5-15H,16H2,1-4H3,(H,26,29). The van der Waals surface area contributed by atoms with Crippen molar-refractivity contribution in [3.8, 4) is 28.7 Å². The lowest BCUT2D eigenvalue weighted by Crippen LogP contribution is -2.28. The summed E-state index contributed by atoms with van der Waals surface area (Å²) in [7, 11) is 6.41. The van der Waals surface area contributed by atoms with Gasteiger partial charge in [0.15, 0.2) is 18.1 Å². The number of para-hydroxylation sites is 1. The lowest BCUT2D eigenvalue weighted by atomic mass is 10.1. The van der Waals surface area contributed by atoms with Crippen LogP contribution in [0.4, 0.5) is 5.69 Å². The molecule has 0 aliphatic heterocycles. The molecule has 0 spiro atoms. The third-order valence-electron chi connectivity index (χ3n) is 4.69. The number of benzene rings is 3. The molecule has 172 valence electrons. The predicted molar refractivity (Wildman–Crippen MR) is 125 cm³/mol. The number of carbonyl (C=O) groups excluding carboxylic acids is 2. The van der Waals surface area contributed by atoms with Gasteiger partial charge in [0.2, 0.25) is 0 Å². The van der Waals surface area contributed by atoms with E-state index in [0.717, 1.165) is 0 Å². The molecule has 0 heterocycles. The Balaban J connectivity index is 1.77. The van der Waals surface area contributed by atoms with E-state index in [2.05, 4.69) is 5.32 Å². The molecule has 0 radical (unpaired) electrons. The zero-order chi connectivity index (χ0) is 23.8. The molecule has 2 amide bonds. The van der Waals surface area contributed by atoms with Crippen LogP contribution < -0.4 is 24.3 Å². The maximum atomic E-state index is 12.9. The Kier molecular flexibility index (Phi) is 7.75. The molecule has 1 N–H and O–H groups in total. The van der Waals surface area contributed by atoms with E-state index < -0.39 is 0 Å². The minimum Gasteiger partial charge on any atom is -0.497 e. The maximum absolute atomic E-state index is 12.9. The van der Waals surface area contributed by atoms with Gasteiger partial charge in [-0.3, -0.25) is 9.59 Å². The van der Waals surface area contributed by atoms with Gasteiger partial charge in [-0.15, -0.1) is 0 Å². The Labute approximate surface area is 192 Å². The van der Waals surface area contributed by atoms with E-state index in [1.165, 1.54) is 12.0 Å². The lowest BCUT2D eigenvalue weighted by Gasteiger charge is -2.15. The summed E-state index contributed by atoms with van der Waals surface area (Å²) in [4.78, 5) is 26.2. The fourth-order valence-corrected chi connectivity index (χ4v) is 2.85. The van der Waals surface area contributed by atoms with Crippen molar-refractivity contribution in [3.63, 3.8) is 0 Å². The van der Waals surface area contributed by atoms with Crippen LogP contribution in [-0.4, -0.2) is 51.6 Å². The van der Waals surface area contributed by atoms with Gasteiger partial charge < -0.3 is 29.2 Å². The van der Waals surface area contributed by atoms with Gasteiger partial charge >= 0.3 is 0 Å². The number of nitrogens with one attached hydrogen (secondary N) is 1. The number of ether oxygens (including phenoxy) is 4. The molecule has 0 bridgehead atoms. The third kappa shape index (κ3) is 6.16. The van der Waals surface area contributed by atoms with E-state index in [-0.39, 0.29) is 18.4 Å². The van der Waals surface area contributed by atoms with Crippen LogP contribution in [0.25, 0.3) is 0 Å². The lowest BCUT2D eigenvalue weighted by molar-refractivity contribution is -0.130. The van der Waals surface area contributed by atoms with Crippen LogP contribution in [0.2, 0.25) is 0 Å². The van der Waals surface area contributed by atoms with Gasteiger partial charge in [-0.25, -0.2) is 0 Å². The molecular formula is C25H26N2O6. The molecule has 8 heteroatoms. The Morgan fingerprint density at radius 1 is 0.818 bits per heavy atom. The van der Waals surface area contributed by atoms with Gasteiger partial charge in [0, 0.05) is 25.8 Å². The first kappa shape index (κ1) is 23.5. The van der Waals surface area contributed by atoms with Crippen molar-refractivity contribution < 1.29 is 28.5 Å². The summed E-state index contributed by atoms with van der Waals surface area (Å²) in [5.41, 5.74) is 0.806. The van der Waals surface area contributed by atoms with Gasteiger partial charge in [-0.2, -0.15) is 0 Å². The number of carbonyl (C=O) groups is 2. The highest BCUT2D eigenvalue weighted by atomic mass is 16.5. The van der Waals surface area contributed by atoms with Gasteiger partial charge in [0.05, 0.1) is 19.8 Å². The number of methoxy groups -OCH3 is 2. The molecule has 0 saturated heterocycles. The SMILES string of the molecule is COc1ccc(Oc2cc(NC(=O)c3ccccc3OCC(=O)N(C)C)ccc2OC)cc1. The van der Waals surface area contributed by atoms with E-state index in [9.17, 15) is 9.59 Å². The third-order valence-corrected chi connectivity index (χ3v) is 4.69. The zero-order valence-electron chi connectivity index (χ0n) is 19.0. The normalized spacial score (nSPS) is 10.2. The van der Waals surface area contributed by atoms with E-state index in [0.29, 0.717) is 40.0 Å². The first-order valence-corrected chi connectivity index (χ1v) is 10.1. The first-order chi connectivity index (χ1) is 15.9. The number of anilines is 1. The number of likely N-dealkylation sites (N-methyl/N-ethyl adjacent to an activating group) is 1. The quantitative estimate of drug-likeness (QED) is 0.526. The van der Waals surface area contributed by atoms with Crippen LogP contribution >= 0.6 is 0 Å². The van der Waals surface area contributed by atoms with Gasteiger partial charge in [-0.1, -0.05) is 12.1 Å². The van der Waals surface area contributed by atoms with Crippen molar-refractivity contribution in [2.24, 2.45) is 0 Å². The Hall–Kier alpha value is -4.20. The average Bonchev–Trinajstić information content (AvgIpc) is 2.83. The average molecular weight is 450 g/mol. The number of nitrogens with zero attached hydrogens (tertiary/aromatic N) is 1. The Bertz CT molecular complexity index is 1110. The second-order valence-electron chi connectivity index (χ2n) is 7.17. The first-order valence-electron chi connectivity index (χ1n) is 10.1. The summed E-state index contributed by atoms with van der Waals surface area (Å²) in [5.74, 6) is 1.96. The van der Waals surface area contributed by atoms with E-state index >= 15 is 0 Å². The van der Waals surface area contributed by atoms with Crippen LogP contribution in [-0.2, 0) is 4.79 Å². The van der Waals surface area contributed by atoms with Gasteiger partial charge in [-0.05, 0) is 48.5 Å². The molecule has 3 aromatic carbocycles. The summed E-state index contributed by atoms with van der Waals surface area (Å²) in [5, 5.41) is 2.83. The molecule has 3 rings (SSSR count). The second kappa shape index (κ2) is 10.9. The molecule has 0 fully saturated rings. The molecule has 0 aliphatic carbocycles. The summed E-state index contributed by atoms with van der Waals surface area (Å²) in [6, 6.07) is 18.9. The highest BCUT2D eigenvalue weighted by Gasteiger charge is 2.16. The van der Waals surface area contributed by atoms with Crippen molar-refractivity contribution in [3.05, 3.63) is 72.3 Å². The van der Waals surface area contributed by atoms with Crippen molar-refractivity contribution in [2.75, 3.05) is 40.2 Å². The van der Waals surface area contributed by atoms with Crippen molar-refractivity contribution >= 4 is 17.5 Å².